The number of hydrogen-bond donors (Lipinski definition) is 5. The summed E-state index contributed by atoms with van der Waals surface area (Å²) in [5.74, 6) is -1.29. The van der Waals surface area contributed by atoms with E-state index >= 15 is 0 Å². The number of morpholine rings is 1. The molecule has 0 aliphatic carbocycles. The number of carbonyl (C=O) groups excluding carboxylic acids is 3. The first kappa shape index (κ1) is 31.5. The van der Waals surface area contributed by atoms with Crippen LogP contribution in [0, 0.1) is 5.82 Å². The highest BCUT2D eigenvalue weighted by Gasteiger charge is 2.28. The van der Waals surface area contributed by atoms with Crippen molar-refractivity contribution in [2.24, 2.45) is 0 Å². The van der Waals surface area contributed by atoms with Gasteiger partial charge in [0.25, 0.3) is 0 Å². The third kappa shape index (κ3) is 10.1. The van der Waals surface area contributed by atoms with Gasteiger partial charge in [-0.2, -0.15) is 0 Å². The van der Waals surface area contributed by atoms with Crippen LogP contribution >= 0.6 is 0 Å². The number of nitrogens with one attached hydrogen (secondary N) is 3. The Morgan fingerprint density at radius 2 is 1.33 bits per heavy atom. The molecule has 0 radical (unpaired) electrons. The molecule has 43 heavy (non-hydrogen) atoms. The van der Waals surface area contributed by atoms with Crippen LogP contribution in [0.1, 0.15) is 16.7 Å². The molecule has 0 aromatic heterocycles. The van der Waals surface area contributed by atoms with Crippen molar-refractivity contribution in [1.82, 2.24) is 20.9 Å². The lowest BCUT2D eigenvalue weighted by molar-refractivity contribution is -0.139. The number of benzene rings is 3. The van der Waals surface area contributed by atoms with Crippen LogP contribution < -0.4 is 16.0 Å². The molecule has 228 valence electrons. The second kappa shape index (κ2) is 15.7. The van der Waals surface area contributed by atoms with E-state index in [-0.39, 0.29) is 36.2 Å². The van der Waals surface area contributed by atoms with Gasteiger partial charge in [0.05, 0.1) is 25.8 Å². The fourth-order valence-corrected chi connectivity index (χ4v) is 4.77. The summed E-state index contributed by atoms with van der Waals surface area (Å²) in [5, 5.41) is 27.9. The third-order valence-electron chi connectivity index (χ3n) is 7.17. The molecule has 5 N–H and O–H groups in total. The van der Waals surface area contributed by atoms with Gasteiger partial charge in [0.15, 0.2) is 0 Å². The van der Waals surface area contributed by atoms with E-state index in [0.29, 0.717) is 45.7 Å². The maximum atomic E-state index is 13.3. The van der Waals surface area contributed by atoms with Crippen LogP contribution in [-0.4, -0.2) is 84.3 Å². The van der Waals surface area contributed by atoms with Crippen LogP contribution in [0.15, 0.2) is 72.8 Å². The van der Waals surface area contributed by atoms with Crippen molar-refractivity contribution in [2.75, 3.05) is 39.4 Å². The average Bonchev–Trinajstić information content (AvgIpc) is 3.02. The van der Waals surface area contributed by atoms with Crippen molar-refractivity contribution < 1.29 is 33.7 Å². The topological polar surface area (TPSA) is 140 Å². The van der Waals surface area contributed by atoms with Gasteiger partial charge >= 0.3 is 0 Å². The molecule has 1 saturated heterocycles. The van der Waals surface area contributed by atoms with Gasteiger partial charge in [0, 0.05) is 19.5 Å². The van der Waals surface area contributed by atoms with E-state index < -0.39 is 23.9 Å². The van der Waals surface area contributed by atoms with Gasteiger partial charge in [-0.1, -0.05) is 36.4 Å². The smallest absolute Gasteiger partial charge is 0.245 e. The van der Waals surface area contributed by atoms with Crippen LogP contribution in [0.4, 0.5) is 4.39 Å². The third-order valence-corrected chi connectivity index (χ3v) is 7.17. The summed E-state index contributed by atoms with van der Waals surface area (Å²) in [4.78, 5) is 41.2. The molecule has 1 aliphatic heterocycles. The van der Waals surface area contributed by atoms with E-state index in [1.807, 2.05) is 0 Å². The molecule has 3 aromatic carbocycles. The standard InChI is InChI=1S/C32H37FN4O6/c33-25-7-1-22(2-8-25)13-14-34-28(19-23-3-9-26(38)10-4-23)31(41)35-21-30(40)36-29(20-24-5-11-27(39)12-6-24)32(42)37-15-17-43-18-16-37/h1-12,28-29,34,38-39H,13-21H2,(H,35,41)(H,36,40)/t28-,29-/m0/s1. The number of phenolic OH excluding ortho intramolecular Hbond substituents is 2. The first-order chi connectivity index (χ1) is 20.8. The number of halogens is 1. The van der Waals surface area contributed by atoms with Gasteiger partial charge in [0.1, 0.15) is 23.4 Å². The molecular formula is C32H37FN4O6. The van der Waals surface area contributed by atoms with Crippen molar-refractivity contribution in [2.45, 2.75) is 31.3 Å². The zero-order chi connectivity index (χ0) is 30.6. The quantitative estimate of drug-likeness (QED) is 0.204. The van der Waals surface area contributed by atoms with E-state index in [2.05, 4.69) is 16.0 Å². The predicted molar refractivity (Wildman–Crippen MR) is 158 cm³/mol. The second-order valence-corrected chi connectivity index (χ2v) is 10.4. The number of aromatic hydroxyl groups is 2. The molecule has 1 heterocycles. The monoisotopic (exact) mass is 592 g/mol. The van der Waals surface area contributed by atoms with Crippen LogP contribution in [0.5, 0.6) is 11.5 Å². The summed E-state index contributed by atoms with van der Waals surface area (Å²) in [6.07, 6.45) is 1.07. The lowest BCUT2D eigenvalue weighted by atomic mass is 10.0. The zero-order valence-corrected chi connectivity index (χ0v) is 23.8. The summed E-state index contributed by atoms with van der Waals surface area (Å²) < 4.78 is 18.6. The Morgan fingerprint density at radius 3 is 1.91 bits per heavy atom. The first-order valence-electron chi connectivity index (χ1n) is 14.2. The van der Waals surface area contributed by atoms with Gasteiger partial charge in [0.2, 0.25) is 17.7 Å². The normalized spacial score (nSPS) is 14.5. The fraction of sp³-hybridized carbons (Fsp3) is 0.344. The Hall–Kier alpha value is -4.48. The largest absolute Gasteiger partial charge is 0.508 e. The number of rotatable bonds is 13. The van der Waals surface area contributed by atoms with E-state index in [1.54, 1.807) is 41.3 Å². The molecule has 0 bridgehead atoms. The Balaban J connectivity index is 1.37. The molecule has 0 saturated carbocycles. The molecule has 0 spiro atoms. The van der Waals surface area contributed by atoms with E-state index in [1.165, 1.54) is 36.4 Å². The van der Waals surface area contributed by atoms with Gasteiger partial charge in [-0.25, -0.2) is 4.39 Å². The number of phenols is 2. The fourth-order valence-electron chi connectivity index (χ4n) is 4.77. The Kier molecular flexibility index (Phi) is 11.5. The highest BCUT2D eigenvalue weighted by molar-refractivity contribution is 5.91. The molecule has 3 aromatic rings. The van der Waals surface area contributed by atoms with Gasteiger partial charge in [-0.15, -0.1) is 0 Å². The Bertz CT molecular complexity index is 1350. The summed E-state index contributed by atoms with van der Waals surface area (Å²) in [6.45, 7) is 1.75. The van der Waals surface area contributed by atoms with Gasteiger partial charge < -0.3 is 35.8 Å². The average molecular weight is 593 g/mol. The Labute approximate surface area is 249 Å². The van der Waals surface area contributed by atoms with Crippen molar-refractivity contribution in [3.8, 4) is 11.5 Å². The minimum atomic E-state index is -0.867. The summed E-state index contributed by atoms with van der Waals surface area (Å²) in [7, 11) is 0. The molecule has 4 rings (SSSR count). The van der Waals surface area contributed by atoms with Crippen LogP contribution in [0.3, 0.4) is 0 Å². The number of nitrogens with zero attached hydrogens (tertiary/aromatic N) is 1. The molecule has 10 nitrogen and oxygen atoms in total. The predicted octanol–water partition coefficient (Wildman–Crippen LogP) is 1.68. The van der Waals surface area contributed by atoms with E-state index in [0.717, 1.165) is 16.7 Å². The summed E-state index contributed by atoms with van der Waals surface area (Å²) in [5.41, 5.74) is 2.47. The molecule has 1 aliphatic rings. The molecular weight excluding hydrogens is 555 g/mol. The SMILES string of the molecule is O=C(CNC(=O)[C@H](Cc1ccc(O)cc1)NCCc1ccc(F)cc1)N[C@@H](Cc1ccc(O)cc1)C(=O)N1CCOCC1. The highest BCUT2D eigenvalue weighted by Crippen LogP contribution is 2.14. The van der Waals surface area contributed by atoms with Crippen molar-refractivity contribution in [1.29, 1.82) is 0 Å². The first-order valence-corrected chi connectivity index (χ1v) is 14.2. The molecule has 1 fully saturated rings. The number of carbonyl (C=O) groups is 3. The maximum Gasteiger partial charge on any atom is 0.245 e. The van der Waals surface area contributed by atoms with Crippen molar-refractivity contribution in [3.63, 3.8) is 0 Å². The van der Waals surface area contributed by atoms with E-state index in [9.17, 15) is 29.0 Å². The Morgan fingerprint density at radius 1 is 0.791 bits per heavy atom. The minimum Gasteiger partial charge on any atom is -0.508 e. The number of ether oxygens (including phenoxy) is 1. The van der Waals surface area contributed by atoms with Gasteiger partial charge in [-0.3, -0.25) is 14.4 Å². The second-order valence-electron chi connectivity index (χ2n) is 10.4. The maximum absolute atomic E-state index is 13.3. The number of amides is 3. The summed E-state index contributed by atoms with van der Waals surface area (Å²) in [6, 6.07) is 17.5. The molecule has 11 heteroatoms. The highest BCUT2D eigenvalue weighted by atomic mass is 19.1. The van der Waals surface area contributed by atoms with Crippen LogP contribution in [0.25, 0.3) is 0 Å². The summed E-state index contributed by atoms with van der Waals surface area (Å²) >= 11 is 0. The minimum absolute atomic E-state index is 0.0969. The number of hydrogen-bond acceptors (Lipinski definition) is 7. The zero-order valence-electron chi connectivity index (χ0n) is 23.8. The van der Waals surface area contributed by atoms with Crippen molar-refractivity contribution >= 4 is 17.7 Å². The lowest BCUT2D eigenvalue weighted by Gasteiger charge is -2.31. The molecule has 3 amide bonds. The van der Waals surface area contributed by atoms with Crippen LogP contribution in [-0.2, 0) is 38.4 Å². The van der Waals surface area contributed by atoms with Crippen LogP contribution in [0.2, 0.25) is 0 Å². The van der Waals surface area contributed by atoms with Gasteiger partial charge in [-0.05, 0) is 72.5 Å². The van der Waals surface area contributed by atoms with E-state index in [4.69, 9.17) is 4.74 Å². The molecule has 2 atom stereocenters. The lowest BCUT2D eigenvalue weighted by Crippen LogP contribution is -2.55. The van der Waals surface area contributed by atoms with Crippen molar-refractivity contribution in [3.05, 3.63) is 95.3 Å². The molecule has 0 unspecified atom stereocenters.